The van der Waals surface area contributed by atoms with Gasteiger partial charge in [-0.25, -0.2) is 0 Å². The zero-order valence-electron chi connectivity index (χ0n) is 15.6. The quantitative estimate of drug-likeness (QED) is 0.700. The molecular weight excluding hydrogens is 312 g/mol. The molecule has 4 aliphatic carbocycles. The average Bonchev–Trinajstić information content (AvgIpc) is 3.17. The van der Waals surface area contributed by atoms with Crippen LogP contribution in [0.1, 0.15) is 65.2 Å². The number of rotatable bonds is 1. The number of hydrogen-bond donors (Lipinski definition) is 0. The van der Waals surface area contributed by atoms with Crippen LogP contribution >= 0.6 is 0 Å². The van der Waals surface area contributed by atoms with Gasteiger partial charge in [0, 0.05) is 24.2 Å². The van der Waals surface area contributed by atoms with Gasteiger partial charge in [-0.05, 0) is 61.5 Å². The Hall–Kier alpha value is -0.930. The van der Waals surface area contributed by atoms with Crippen molar-refractivity contribution >= 4 is 5.78 Å². The zero-order chi connectivity index (χ0) is 17.2. The normalized spacial score (nSPS) is 42.2. The summed E-state index contributed by atoms with van der Waals surface area (Å²) in [5.41, 5.74) is 4.69. The second-order valence-electron chi connectivity index (χ2n) is 9.10. The van der Waals surface area contributed by atoms with Crippen LogP contribution in [0.15, 0.2) is 22.8 Å². The first-order valence-electron chi connectivity index (χ1n) is 10.3. The smallest absolute Gasteiger partial charge is 0.172 e. The highest BCUT2D eigenvalue weighted by molar-refractivity contribution is 5.90. The summed E-state index contributed by atoms with van der Waals surface area (Å²) in [6.45, 7) is 5.92. The molecule has 1 aliphatic heterocycles. The third-order valence-electron chi connectivity index (χ3n) is 8.00. The van der Waals surface area contributed by atoms with Gasteiger partial charge in [0.2, 0.25) is 0 Å². The molecule has 0 aromatic carbocycles. The highest BCUT2D eigenvalue weighted by atomic mass is 16.7. The Morgan fingerprint density at radius 2 is 2.04 bits per heavy atom. The van der Waals surface area contributed by atoms with E-state index in [1.807, 2.05) is 0 Å². The minimum absolute atomic E-state index is 0.0968. The second kappa shape index (κ2) is 5.53. The van der Waals surface area contributed by atoms with Crippen molar-refractivity contribution in [2.24, 2.45) is 23.2 Å². The van der Waals surface area contributed by atoms with Crippen molar-refractivity contribution in [3.63, 3.8) is 0 Å². The maximum Gasteiger partial charge on any atom is 0.172 e. The Labute approximate surface area is 150 Å². The van der Waals surface area contributed by atoms with Crippen molar-refractivity contribution in [2.75, 3.05) is 13.2 Å². The van der Waals surface area contributed by atoms with E-state index in [0.29, 0.717) is 23.5 Å². The molecule has 0 bridgehead atoms. The molecule has 25 heavy (non-hydrogen) atoms. The molecule has 5 aliphatic rings. The molecule has 1 heterocycles. The van der Waals surface area contributed by atoms with Gasteiger partial charge in [0.05, 0.1) is 13.2 Å². The Bertz CT molecular complexity index is 667. The second-order valence-corrected chi connectivity index (χ2v) is 9.10. The van der Waals surface area contributed by atoms with Crippen LogP contribution < -0.4 is 0 Å². The van der Waals surface area contributed by atoms with E-state index >= 15 is 0 Å². The monoisotopic (exact) mass is 342 g/mol. The van der Waals surface area contributed by atoms with E-state index in [-0.39, 0.29) is 11.2 Å². The topological polar surface area (TPSA) is 35.5 Å². The van der Waals surface area contributed by atoms with Crippen LogP contribution in [0.4, 0.5) is 0 Å². The molecule has 0 unspecified atom stereocenters. The lowest BCUT2D eigenvalue weighted by Crippen LogP contribution is -2.41. The van der Waals surface area contributed by atoms with Crippen LogP contribution in [0.25, 0.3) is 0 Å². The summed E-state index contributed by atoms with van der Waals surface area (Å²) >= 11 is 0. The molecular formula is C22H30O3. The van der Waals surface area contributed by atoms with Crippen LogP contribution in [-0.2, 0) is 14.3 Å². The highest BCUT2D eigenvalue weighted by Crippen LogP contribution is 2.60. The maximum atomic E-state index is 12.9. The zero-order valence-corrected chi connectivity index (χ0v) is 15.6. The molecule has 3 heteroatoms. The van der Waals surface area contributed by atoms with Gasteiger partial charge >= 0.3 is 0 Å². The summed E-state index contributed by atoms with van der Waals surface area (Å²) in [6.07, 6.45) is 11.0. The first-order valence-corrected chi connectivity index (χ1v) is 10.3. The minimum Gasteiger partial charge on any atom is -0.347 e. The minimum atomic E-state index is -0.313. The number of ether oxygens (including phenoxy) is 2. The molecule has 0 aromatic rings. The first-order chi connectivity index (χ1) is 12.1. The van der Waals surface area contributed by atoms with Crippen molar-refractivity contribution in [2.45, 2.75) is 71.0 Å². The van der Waals surface area contributed by atoms with E-state index in [1.54, 1.807) is 16.7 Å². The number of Topliss-reactive ketones (excluding diaryl/α,β-unsaturated/α-hetero) is 1. The molecule has 0 N–H and O–H groups in total. The van der Waals surface area contributed by atoms with Gasteiger partial charge in [-0.15, -0.1) is 0 Å². The molecule has 4 atom stereocenters. The molecule has 5 rings (SSSR count). The molecule has 3 nitrogen and oxygen atoms in total. The van der Waals surface area contributed by atoms with Crippen LogP contribution in [0.5, 0.6) is 0 Å². The molecule has 0 aromatic heterocycles. The number of ketones is 1. The van der Waals surface area contributed by atoms with Gasteiger partial charge in [-0.2, -0.15) is 0 Å². The third-order valence-corrected chi connectivity index (χ3v) is 8.00. The highest BCUT2D eigenvalue weighted by Gasteiger charge is 2.56. The fourth-order valence-electron chi connectivity index (χ4n) is 6.60. The molecule has 1 spiro atoms. The summed E-state index contributed by atoms with van der Waals surface area (Å²) in [4.78, 5) is 12.9. The van der Waals surface area contributed by atoms with Crippen LogP contribution in [-0.4, -0.2) is 24.8 Å². The SMILES string of the molecule is CC[C@H]1C[C@H]2[C@@H]3CCC4=C(CCC5(C4)OCCO5)C3=CC[C@]2(C)C1=O. The average molecular weight is 342 g/mol. The van der Waals surface area contributed by atoms with Gasteiger partial charge in [0.25, 0.3) is 0 Å². The van der Waals surface area contributed by atoms with Crippen molar-refractivity contribution in [3.8, 4) is 0 Å². The molecule has 1 saturated carbocycles. The lowest BCUT2D eigenvalue weighted by atomic mass is 9.58. The first kappa shape index (κ1) is 16.3. The van der Waals surface area contributed by atoms with Gasteiger partial charge < -0.3 is 9.47 Å². The summed E-state index contributed by atoms with van der Waals surface area (Å²) < 4.78 is 11.9. The molecule has 136 valence electrons. The summed E-state index contributed by atoms with van der Waals surface area (Å²) in [5, 5.41) is 0. The van der Waals surface area contributed by atoms with Crippen LogP contribution in [0.3, 0.4) is 0 Å². The molecule has 2 fully saturated rings. The fraction of sp³-hybridized carbons (Fsp3) is 0.773. The summed E-state index contributed by atoms with van der Waals surface area (Å²) in [6, 6.07) is 0. The largest absolute Gasteiger partial charge is 0.347 e. The number of allylic oxidation sites excluding steroid dienone is 3. The predicted molar refractivity (Wildman–Crippen MR) is 95.9 cm³/mol. The van der Waals surface area contributed by atoms with E-state index in [4.69, 9.17) is 9.47 Å². The maximum absolute atomic E-state index is 12.9. The number of carbonyl (C=O) groups is 1. The molecule has 1 saturated heterocycles. The predicted octanol–water partition coefficient (Wildman–Crippen LogP) is 4.57. The standard InChI is InChI=1S/C22H30O3/c1-3-14-12-19-18-5-4-15-13-22(24-10-11-25-22)9-7-16(15)17(18)6-8-21(19,2)20(14)23/h6,14,18-19H,3-5,7-13H2,1-2H3/t14-,18+,19-,21-/m0/s1. The van der Waals surface area contributed by atoms with Crippen LogP contribution in [0.2, 0.25) is 0 Å². The van der Waals surface area contributed by atoms with Gasteiger partial charge in [-0.3, -0.25) is 4.79 Å². The molecule has 0 radical (unpaired) electrons. The molecule has 0 amide bonds. The lowest BCUT2D eigenvalue weighted by molar-refractivity contribution is -0.164. The van der Waals surface area contributed by atoms with E-state index in [2.05, 4.69) is 19.9 Å². The Kier molecular flexibility index (Phi) is 3.60. The van der Waals surface area contributed by atoms with Crippen molar-refractivity contribution in [1.82, 2.24) is 0 Å². The number of fused-ring (bicyclic) bond motifs is 4. The van der Waals surface area contributed by atoms with E-state index in [1.165, 1.54) is 12.8 Å². The number of hydrogen-bond acceptors (Lipinski definition) is 3. The Morgan fingerprint density at radius 3 is 2.80 bits per heavy atom. The third kappa shape index (κ3) is 2.21. The fourth-order valence-corrected chi connectivity index (χ4v) is 6.60. The van der Waals surface area contributed by atoms with Gasteiger partial charge in [0.1, 0.15) is 5.78 Å². The summed E-state index contributed by atoms with van der Waals surface area (Å²) in [7, 11) is 0. The summed E-state index contributed by atoms with van der Waals surface area (Å²) in [5.74, 6) is 1.70. The van der Waals surface area contributed by atoms with Crippen molar-refractivity contribution in [3.05, 3.63) is 22.8 Å². The van der Waals surface area contributed by atoms with E-state index < -0.39 is 0 Å². The Balaban J connectivity index is 1.47. The Morgan fingerprint density at radius 1 is 1.24 bits per heavy atom. The van der Waals surface area contributed by atoms with Crippen LogP contribution in [0, 0.1) is 23.2 Å². The number of carbonyl (C=O) groups excluding carboxylic acids is 1. The van der Waals surface area contributed by atoms with Gasteiger partial charge in [0.15, 0.2) is 5.79 Å². The lowest BCUT2D eigenvalue weighted by Gasteiger charge is -2.46. The van der Waals surface area contributed by atoms with Crippen molar-refractivity contribution < 1.29 is 14.3 Å². The van der Waals surface area contributed by atoms with Gasteiger partial charge in [-0.1, -0.05) is 25.5 Å². The van der Waals surface area contributed by atoms with Crippen molar-refractivity contribution in [1.29, 1.82) is 0 Å². The van der Waals surface area contributed by atoms with E-state index in [9.17, 15) is 4.79 Å². The van der Waals surface area contributed by atoms with E-state index in [0.717, 1.165) is 51.7 Å².